The Balaban J connectivity index is 2.06. The van der Waals surface area contributed by atoms with Gasteiger partial charge in [0, 0.05) is 17.7 Å². The van der Waals surface area contributed by atoms with E-state index in [1.807, 2.05) is 19.9 Å². The normalized spacial score (nSPS) is 10.5. The standard InChI is InChI=1S/C13H18N4OS/c1-3-11-15-12(17-14)9(2)13(16-11)18-7-6-10-5-4-8-19-10/h4-5,8H,3,6-7,14H2,1-2H3,(H,15,16,17). The molecule has 0 aliphatic carbocycles. The minimum absolute atomic E-state index is 0.603. The van der Waals surface area contributed by atoms with Crippen LogP contribution in [-0.2, 0) is 12.8 Å². The van der Waals surface area contributed by atoms with Crippen LogP contribution in [0.4, 0.5) is 5.82 Å². The van der Waals surface area contributed by atoms with Crippen LogP contribution < -0.4 is 16.0 Å². The maximum Gasteiger partial charge on any atom is 0.221 e. The summed E-state index contributed by atoms with van der Waals surface area (Å²) < 4.78 is 5.76. The Morgan fingerprint density at radius 3 is 2.89 bits per heavy atom. The van der Waals surface area contributed by atoms with E-state index in [-0.39, 0.29) is 0 Å². The first-order valence-corrected chi connectivity index (χ1v) is 7.11. The molecule has 0 radical (unpaired) electrons. The molecule has 0 bridgehead atoms. The van der Waals surface area contributed by atoms with Crippen molar-refractivity contribution in [3.05, 3.63) is 33.8 Å². The quantitative estimate of drug-likeness (QED) is 0.626. The topological polar surface area (TPSA) is 73.1 Å². The van der Waals surface area contributed by atoms with Crippen LogP contribution in [0, 0.1) is 6.92 Å². The van der Waals surface area contributed by atoms with Crippen molar-refractivity contribution in [1.82, 2.24) is 9.97 Å². The van der Waals surface area contributed by atoms with Crippen LogP contribution in [-0.4, -0.2) is 16.6 Å². The summed E-state index contributed by atoms with van der Waals surface area (Å²) in [4.78, 5) is 10.0. The van der Waals surface area contributed by atoms with E-state index in [0.717, 1.165) is 24.2 Å². The first-order valence-electron chi connectivity index (χ1n) is 6.24. The molecule has 5 nitrogen and oxygen atoms in total. The predicted octanol–water partition coefficient (Wildman–Crippen LogP) is 2.32. The second-order valence-corrected chi connectivity index (χ2v) is 5.13. The van der Waals surface area contributed by atoms with Gasteiger partial charge in [-0.05, 0) is 18.4 Å². The fraction of sp³-hybridized carbons (Fsp3) is 0.385. The number of hydrazine groups is 1. The number of nitrogens with one attached hydrogen (secondary N) is 1. The van der Waals surface area contributed by atoms with Crippen molar-refractivity contribution < 1.29 is 4.74 Å². The van der Waals surface area contributed by atoms with Crippen molar-refractivity contribution in [1.29, 1.82) is 0 Å². The Bertz CT molecular complexity index is 528. The van der Waals surface area contributed by atoms with Crippen molar-refractivity contribution >= 4 is 17.2 Å². The van der Waals surface area contributed by atoms with E-state index in [1.165, 1.54) is 4.88 Å². The summed E-state index contributed by atoms with van der Waals surface area (Å²) in [5.41, 5.74) is 3.42. The maximum absolute atomic E-state index is 5.76. The van der Waals surface area contributed by atoms with Crippen LogP contribution in [0.15, 0.2) is 17.5 Å². The molecule has 0 aliphatic heterocycles. The molecule has 19 heavy (non-hydrogen) atoms. The number of aromatic nitrogens is 2. The predicted molar refractivity (Wildman–Crippen MR) is 77.5 cm³/mol. The minimum Gasteiger partial charge on any atom is -0.477 e. The monoisotopic (exact) mass is 278 g/mol. The lowest BCUT2D eigenvalue weighted by atomic mass is 10.3. The van der Waals surface area contributed by atoms with E-state index in [0.29, 0.717) is 18.3 Å². The van der Waals surface area contributed by atoms with Gasteiger partial charge in [0.2, 0.25) is 5.88 Å². The van der Waals surface area contributed by atoms with Gasteiger partial charge in [-0.15, -0.1) is 11.3 Å². The Labute approximate surface area is 116 Å². The molecule has 0 aliphatic rings. The lowest BCUT2D eigenvalue weighted by molar-refractivity contribution is 0.306. The lowest BCUT2D eigenvalue weighted by Gasteiger charge is -2.12. The van der Waals surface area contributed by atoms with Crippen LogP contribution in [0.2, 0.25) is 0 Å². The van der Waals surface area contributed by atoms with Gasteiger partial charge in [0.1, 0.15) is 11.6 Å². The number of ether oxygens (including phenoxy) is 1. The smallest absolute Gasteiger partial charge is 0.221 e. The average Bonchev–Trinajstić information content (AvgIpc) is 2.94. The number of rotatable bonds is 6. The first-order chi connectivity index (χ1) is 9.24. The van der Waals surface area contributed by atoms with Gasteiger partial charge < -0.3 is 10.2 Å². The molecule has 2 heterocycles. The number of thiophene rings is 1. The average molecular weight is 278 g/mol. The van der Waals surface area contributed by atoms with Crippen LogP contribution in [0.1, 0.15) is 23.2 Å². The Morgan fingerprint density at radius 2 is 2.26 bits per heavy atom. The maximum atomic E-state index is 5.76. The van der Waals surface area contributed by atoms with E-state index in [4.69, 9.17) is 10.6 Å². The zero-order chi connectivity index (χ0) is 13.7. The van der Waals surface area contributed by atoms with Crippen molar-refractivity contribution in [2.24, 2.45) is 5.84 Å². The number of anilines is 1. The first kappa shape index (κ1) is 13.8. The van der Waals surface area contributed by atoms with Crippen molar-refractivity contribution in [3.63, 3.8) is 0 Å². The summed E-state index contributed by atoms with van der Waals surface area (Å²) in [6.07, 6.45) is 1.63. The number of hydrogen-bond acceptors (Lipinski definition) is 6. The zero-order valence-corrected chi connectivity index (χ0v) is 12.0. The fourth-order valence-corrected chi connectivity index (χ4v) is 2.37. The lowest BCUT2D eigenvalue weighted by Crippen LogP contribution is -2.14. The van der Waals surface area contributed by atoms with Crippen molar-refractivity contribution in [2.75, 3.05) is 12.0 Å². The third-order valence-electron chi connectivity index (χ3n) is 2.77. The van der Waals surface area contributed by atoms with Crippen LogP contribution in [0.5, 0.6) is 5.88 Å². The van der Waals surface area contributed by atoms with E-state index in [1.54, 1.807) is 11.3 Å². The van der Waals surface area contributed by atoms with Gasteiger partial charge in [-0.2, -0.15) is 4.98 Å². The minimum atomic E-state index is 0.603. The van der Waals surface area contributed by atoms with Gasteiger partial charge in [0.05, 0.1) is 12.2 Å². The number of nitrogen functional groups attached to an aromatic ring is 1. The summed E-state index contributed by atoms with van der Waals surface area (Å²) >= 11 is 1.73. The van der Waals surface area contributed by atoms with Crippen LogP contribution >= 0.6 is 11.3 Å². The molecule has 3 N–H and O–H groups in total. The Hall–Kier alpha value is -1.66. The van der Waals surface area contributed by atoms with Crippen LogP contribution in [0.3, 0.4) is 0 Å². The summed E-state index contributed by atoms with van der Waals surface area (Å²) in [5, 5.41) is 2.07. The number of nitrogens with zero attached hydrogens (tertiary/aromatic N) is 2. The van der Waals surface area contributed by atoms with Crippen molar-refractivity contribution in [2.45, 2.75) is 26.7 Å². The van der Waals surface area contributed by atoms with Gasteiger partial charge in [-0.3, -0.25) is 0 Å². The summed E-state index contributed by atoms with van der Waals surface area (Å²) in [5.74, 6) is 7.41. The molecule has 0 saturated carbocycles. The highest BCUT2D eigenvalue weighted by Crippen LogP contribution is 2.22. The summed E-state index contributed by atoms with van der Waals surface area (Å²) in [7, 11) is 0. The summed E-state index contributed by atoms with van der Waals surface area (Å²) in [6, 6.07) is 4.15. The molecule has 2 rings (SSSR count). The van der Waals surface area contributed by atoms with E-state index in [9.17, 15) is 0 Å². The highest BCUT2D eigenvalue weighted by molar-refractivity contribution is 7.09. The number of hydrogen-bond donors (Lipinski definition) is 2. The molecule has 6 heteroatoms. The second-order valence-electron chi connectivity index (χ2n) is 4.09. The molecular formula is C13H18N4OS. The van der Waals surface area contributed by atoms with E-state index in [2.05, 4.69) is 26.8 Å². The van der Waals surface area contributed by atoms with Gasteiger partial charge in [-0.1, -0.05) is 13.0 Å². The van der Waals surface area contributed by atoms with E-state index < -0.39 is 0 Å². The molecule has 2 aromatic rings. The molecule has 0 aromatic carbocycles. The molecule has 0 atom stereocenters. The second kappa shape index (κ2) is 6.49. The molecule has 102 valence electrons. The Morgan fingerprint density at radius 1 is 1.42 bits per heavy atom. The highest BCUT2D eigenvalue weighted by Gasteiger charge is 2.10. The fourth-order valence-electron chi connectivity index (χ4n) is 1.68. The SMILES string of the molecule is CCc1nc(NN)c(C)c(OCCc2cccs2)n1. The molecule has 0 amide bonds. The van der Waals surface area contributed by atoms with Gasteiger partial charge in [0.15, 0.2) is 0 Å². The molecule has 0 fully saturated rings. The third-order valence-corrected chi connectivity index (χ3v) is 3.70. The molecule has 2 aromatic heterocycles. The highest BCUT2D eigenvalue weighted by atomic mass is 32.1. The third kappa shape index (κ3) is 3.42. The molecule has 0 unspecified atom stereocenters. The van der Waals surface area contributed by atoms with E-state index >= 15 is 0 Å². The molecule has 0 saturated heterocycles. The number of nitrogens with two attached hydrogens (primary N) is 1. The molecular weight excluding hydrogens is 260 g/mol. The number of aryl methyl sites for hydroxylation is 1. The summed E-state index contributed by atoms with van der Waals surface area (Å²) in [6.45, 7) is 4.50. The largest absolute Gasteiger partial charge is 0.477 e. The van der Waals surface area contributed by atoms with Gasteiger partial charge >= 0.3 is 0 Å². The van der Waals surface area contributed by atoms with Crippen LogP contribution in [0.25, 0.3) is 0 Å². The van der Waals surface area contributed by atoms with Gasteiger partial charge in [-0.25, -0.2) is 10.8 Å². The Kier molecular flexibility index (Phi) is 4.70. The van der Waals surface area contributed by atoms with Gasteiger partial charge in [0.25, 0.3) is 0 Å². The zero-order valence-electron chi connectivity index (χ0n) is 11.1. The molecule has 0 spiro atoms. The van der Waals surface area contributed by atoms with Crippen molar-refractivity contribution in [3.8, 4) is 5.88 Å².